The maximum absolute atomic E-state index is 9.29. The third-order valence-corrected chi connectivity index (χ3v) is 0.572. The highest BCUT2D eigenvalue weighted by Crippen LogP contribution is 1.66. The number of rotatable bonds is 2. The van der Waals surface area contributed by atoms with E-state index in [2.05, 4.69) is 12.6 Å². The molecule has 5 heteroatoms. The second-order valence-corrected chi connectivity index (χ2v) is 1.45. The van der Waals surface area contributed by atoms with Crippen LogP contribution in [0.3, 0.4) is 0 Å². The molecule has 0 aromatic carbocycles. The quantitative estimate of drug-likeness (QED) is 0.378. The van der Waals surface area contributed by atoms with Gasteiger partial charge < -0.3 is 16.6 Å². The minimum absolute atomic E-state index is 0.0833. The second kappa shape index (κ2) is 10.7. The number of aliphatic carboxylic acids is 1. The van der Waals surface area contributed by atoms with E-state index in [9.17, 15) is 4.79 Å². The van der Waals surface area contributed by atoms with Crippen LogP contribution in [0.2, 0.25) is 0 Å². The van der Waals surface area contributed by atoms with Crippen molar-refractivity contribution in [3.63, 3.8) is 0 Å². The molecule has 0 atom stereocenters. The van der Waals surface area contributed by atoms with Gasteiger partial charge >= 0.3 is 5.97 Å². The molecular formula is C4H12N2O2S. The van der Waals surface area contributed by atoms with Gasteiger partial charge in [0.15, 0.2) is 0 Å². The van der Waals surface area contributed by atoms with Crippen molar-refractivity contribution >= 4 is 18.6 Å². The van der Waals surface area contributed by atoms with Crippen molar-refractivity contribution < 1.29 is 9.90 Å². The molecule has 0 aromatic rings. The largest absolute Gasteiger partial charge is 0.481 e. The SMILES string of the molecule is NCCN.O=C(O)CS. The molecule has 0 saturated carbocycles. The highest BCUT2D eigenvalue weighted by molar-refractivity contribution is 7.81. The van der Waals surface area contributed by atoms with Gasteiger partial charge in [-0.2, -0.15) is 12.6 Å². The summed E-state index contributed by atoms with van der Waals surface area (Å²) in [6.07, 6.45) is 0. The molecule has 0 rings (SSSR count). The topological polar surface area (TPSA) is 89.3 Å². The molecule has 9 heavy (non-hydrogen) atoms. The van der Waals surface area contributed by atoms with Crippen LogP contribution >= 0.6 is 12.6 Å². The summed E-state index contributed by atoms with van der Waals surface area (Å²) in [5.74, 6) is -0.965. The summed E-state index contributed by atoms with van der Waals surface area (Å²) in [5, 5.41) is 7.65. The Balaban J connectivity index is 0. The Labute approximate surface area is 59.6 Å². The van der Waals surface area contributed by atoms with Crippen LogP contribution in [0.1, 0.15) is 0 Å². The molecule has 56 valence electrons. The molecule has 0 spiro atoms. The molecule has 0 aromatic heterocycles. The number of hydrogen-bond acceptors (Lipinski definition) is 4. The molecule has 0 aliphatic carbocycles. The molecule has 0 aliphatic rings. The van der Waals surface area contributed by atoms with Gasteiger partial charge in [0.05, 0.1) is 5.75 Å². The fourth-order valence-electron chi connectivity index (χ4n) is 0. The van der Waals surface area contributed by atoms with Crippen molar-refractivity contribution in [1.29, 1.82) is 0 Å². The molecule has 0 bridgehead atoms. The average Bonchev–Trinajstić information content (AvgIpc) is 1.89. The molecular weight excluding hydrogens is 140 g/mol. The van der Waals surface area contributed by atoms with Crippen LogP contribution in [0.25, 0.3) is 0 Å². The fourth-order valence-corrected chi connectivity index (χ4v) is 0. The Morgan fingerprint density at radius 2 is 1.67 bits per heavy atom. The Hall–Kier alpha value is -0.260. The highest BCUT2D eigenvalue weighted by atomic mass is 32.1. The summed E-state index contributed by atoms with van der Waals surface area (Å²) in [6, 6.07) is 0. The van der Waals surface area contributed by atoms with Crippen LogP contribution < -0.4 is 11.5 Å². The number of thiol groups is 1. The summed E-state index contributed by atoms with van der Waals surface area (Å²) in [6.45, 7) is 1.19. The summed E-state index contributed by atoms with van der Waals surface area (Å²) >= 11 is 3.42. The fraction of sp³-hybridized carbons (Fsp3) is 0.750. The van der Waals surface area contributed by atoms with Crippen LogP contribution in [0.4, 0.5) is 0 Å². The van der Waals surface area contributed by atoms with Crippen molar-refractivity contribution in [2.45, 2.75) is 0 Å². The minimum Gasteiger partial charge on any atom is -0.481 e. The number of carbonyl (C=O) groups is 1. The van der Waals surface area contributed by atoms with Gasteiger partial charge in [-0.05, 0) is 0 Å². The maximum atomic E-state index is 9.29. The predicted octanol–water partition coefficient (Wildman–Crippen LogP) is -1.10. The standard InChI is InChI=1S/C2H8N2.C2H4O2S/c3-1-2-4;3-2(4)1-5/h1-4H2;5H,1H2,(H,3,4). The first kappa shape index (κ1) is 11.5. The van der Waals surface area contributed by atoms with E-state index < -0.39 is 5.97 Å². The summed E-state index contributed by atoms with van der Waals surface area (Å²) in [4.78, 5) is 9.29. The number of carboxylic acid groups (broad SMARTS) is 1. The number of carboxylic acids is 1. The van der Waals surface area contributed by atoms with Crippen molar-refractivity contribution in [3.8, 4) is 0 Å². The first-order chi connectivity index (χ1) is 4.18. The van der Waals surface area contributed by atoms with Gasteiger partial charge in [-0.1, -0.05) is 0 Å². The number of nitrogens with two attached hydrogens (primary N) is 2. The van der Waals surface area contributed by atoms with Gasteiger partial charge in [0.25, 0.3) is 0 Å². The monoisotopic (exact) mass is 152 g/mol. The summed E-state index contributed by atoms with van der Waals surface area (Å²) < 4.78 is 0. The van der Waals surface area contributed by atoms with Crippen LogP contribution in [-0.4, -0.2) is 29.9 Å². The zero-order valence-electron chi connectivity index (χ0n) is 5.08. The van der Waals surface area contributed by atoms with Crippen LogP contribution in [0, 0.1) is 0 Å². The van der Waals surface area contributed by atoms with E-state index in [1.165, 1.54) is 0 Å². The normalized spacial score (nSPS) is 7.44. The molecule has 5 N–H and O–H groups in total. The van der Waals surface area contributed by atoms with E-state index in [0.717, 1.165) is 0 Å². The van der Waals surface area contributed by atoms with Crippen LogP contribution in [0.5, 0.6) is 0 Å². The number of hydrogen-bond donors (Lipinski definition) is 4. The molecule has 0 aliphatic heterocycles. The molecule has 0 heterocycles. The lowest BCUT2D eigenvalue weighted by Crippen LogP contribution is -2.11. The maximum Gasteiger partial charge on any atom is 0.313 e. The van der Waals surface area contributed by atoms with Crippen LogP contribution in [-0.2, 0) is 4.79 Å². The second-order valence-electron chi connectivity index (χ2n) is 1.13. The Kier molecular flexibility index (Phi) is 13.7. The van der Waals surface area contributed by atoms with Gasteiger partial charge in [-0.25, -0.2) is 0 Å². The van der Waals surface area contributed by atoms with Gasteiger partial charge in [0, 0.05) is 13.1 Å². The zero-order chi connectivity index (χ0) is 7.70. The predicted molar refractivity (Wildman–Crippen MR) is 39.6 cm³/mol. The molecule has 0 radical (unpaired) electrons. The van der Waals surface area contributed by atoms with Crippen molar-refractivity contribution in [2.75, 3.05) is 18.8 Å². The van der Waals surface area contributed by atoms with E-state index in [0.29, 0.717) is 13.1 Å². The minimum atomic E-state index is -0.881. The van der Waals surface area contributed by atoms with Gasteiger partial charge in [-0.15, -0.1) is 0 Å². The van der Waals surface area contributed by atoms with Gasteiger partial charge in [-0.3, -0.25) is 4.79 Å². The Bertz CT molecular complexity index is 67.6. The van der Waals surface area contributed by atoms with E-state index in [1.54, 1.807) is 0 Å². The molecule has 0 fully saturated rings. The van der Waals surface area contributed by atoms with E-state index in [1.807, 2.05) is 0 Å². The van der Waals surface area contributed by atoms with Gasteiger partial charge in [0.1, 0.15) is 0 Å². The molecule has 0 saturated heterocycles. The molecule has 0 amide bonds. The third-order valence-electron chi connectivity index (χ3n) is 0.302. The summed E-state index contributed by atoms with van der Waals surface area (Å²) in [7, 11) is 0. The summed E-state index contributed by atoms with van der Waals surface area (Å²) in [5.41, 5.74) is 9.81. The Morgan fingerprint density at radius 1 is 1.44 bits per heavy atom. The average molecular weight is 152 g/mol. The van der Waals surface area contributed by atoms with Crippen molar-refractivity contribution in [1.82, 2.24) is 0 Å². The Morgan fingerprint density at radius 3 is 1.67 bits per heavy atom. The van der Waals surface area contributed by atoms with Crippen molar-refractivity contribution in [2.24, 2.45) is 11.5 Å². The van der Waals surface area contributed by atoms with E-state index in [-0.39, 0.29) is 5.75 Å². The smallest absolute Gasteiger partial charge is 0.313 e. The lowest BCUT2D eigenvalue weighted by Gasteiger charge is -1.72. The molecule has 0 unspecified atom stereocenters. The first-order valence-electron chi connectivity index (χ1n) is 2.41. The van der Waals surface area contributed by atoms with Crippen LogP contribution in [0.15, 0.2) is 0 Å². The highest BCUT2D eigenvalue weighted by Gasteiger charge is 1.81. The molecule has 4 nitrogen and oxygen atoms in total. The zero-order valence-corrected chi connectivity index (χ0v) is 5.97. The third kappa shape index (κ3) is 34.0. The first-order valence-corrected chi connectivity index (χ1v) is 3.05. The van der Waals surface area contributed by atoms with E-state index in [4.69, 9.17) is 16.6 Å². The van der Waals surface area contributed by atoms with E-state index >= 15 is 0 Å². The van der Waals surface area contributed by atoms with Gasteiger partial charge in [0.2, 0.25) is 0 Å². The lowest BCUT2D eigenvalue weighted by atomic mass is 10.7. The van der Waals surface area contributed by atoms with Crippen molar-refractivity contribution in [3.05, 3.63) is 0 Å². The lowest BCUT2D eigenvalue weighted by molar-refractivity contribution is -0.133.